The summed E-state index contributed by atoms with van der Waals surface area (Å²) in [5.41, 5.74) is 1.46. The number of aromatic amines is 1. The van der Waals surface area contributed by atoms with E-state index < -0.39 is 12.2 Å². The van der Waals surface area contributed by atoms with E-state index in [2.05, 4.69) is 15.5 Å². The lowest BCUT2D eigenvalue weighted by Crippen LogP contribution is -2.50. The summed E-state index contributed by atoms with van der Waals surface area (Å²) in [5.74, 6) is 0.447. The summed E-state index contributed by atoms with van der Waals surface area (Å²) in [6, 6.07) is 7.25. The number of ether oxygens (including phenoxy) is 1. The second kappa shape index (κ2) is 11.0. The van der Waals surface area contributed by atoms with Gasteiger partial charge in [0, 0.05) is 38.7 Å². The standard InChI is InChI=1S/C25H34N4O5/c30-20-12-19-5-1-2-6-22(19)34-16-23(32)26-17-25(13-21(20)31)8-10-29(11-9-25)24(33)7-3-4-18-14-27-28-15-18/h1-2,5-6,14-15,20-21,30-31H,3-4,7-13,16-17H2,(H,26,32)(H,27,28)/t20-,21+/m0/s1. The van der Waals surface area contributed by atoms with E-state index in [1.807, 2.05) is 29.3 Å². The summed E-state index contributed by atoms with van der Waals surface area (Å²) >= 11 is 0. The zero-order valence-electron chi connectivity index (χ0n) is 19.4. The van der Waals surface area contributed by atoms with Crippen molar-refractivity contribution in [2.24, 2.45) is 5.41 Å². The molecule has 184 valence electrons. The van der Waals surface area contributed by atoms with Crippen LogP contribution in [0.25, 0.3) is 0 Å². The number of aliphatic hydroxyl groups is 2. The van der Waals surface area contributed by atoms with Gasteiger partial charge in [-0.05, 0) is 54.7 Å². The van der Waals surface area contributed by atoms with Crippen molar-refractivity contribution in [3.05, 3.63) is 47.8 Å². The fraction of sp³-hybridized carbons (Fsp3) is 0.560. The molecule has 2 aliphatic rings. The monoisotopic (exact) mass is 470 g/mol. The van der Waals surface area contributed by atoms with Gasteiger partial charge >= 0.3 is 0 Å². The molecule has 1 aromatic carbocycles. The SMILES string of the molecule is O=C1COc2ccccc2C[C@H](O)[C@H](O)CC2(CCN(C(=O)CCCc3cn[nH]c3)CC2)CN1. The summed E-state index contributed by atoms with van der Waals surface area (Å²) in [6.45, 7) is 1.42. The number of carbonyl (C=O) groups excluding carboxylic acids is 2. The molecule has 1 aromatic heterocycles. The maximum atomic E-state index is 12.7. The number of fused-ring (bicyclic) bond motifs is 1. The number of aryl methyl sites for hydroxylation is 1. The van der Waals surface area contributed by atoms with Crippen LogP contribution < -0.4 is 10.1 Å². The molecule has 9 nitrogen and oxygen atoms in total. The van der Waals surface area contributed by atoms with Gasteiger partial charge in [0.2, 0.25) is 5.91 Å². The Labute approximate surface area is 199 Å². The number of rotatable bonds is 4. The second-order valence-corrected chi connectivity index (χ2v) is 9.56. The fourth-order valence-corrected chi connectivity index (χ4v) is 4.93. The van der Waals surface area contributed by atoms with Gasteiger partial charge in [0.25, 0.3) is 5.91 Å². The van der Waals surface area contributed by atoms with Crippen LogP contribution in [-0.4, -0.2) is 75.6 Å². The Morgan fingerprint density at radius 3 is 2.76 bits per heavy atom. The lowest BCUT2D eigenvalue weighted by atomic mass is 9.73. The summed E-state index contributed by atoms with van der Waals surface area (Å²) in [7, 11) is 0. The number of para-hydroxylation sites is 1. The number of amides is 2. The Morgan fingerprint density at radius 2 is 2.00 bits per heavy atom. The Balaban J connectivity index is 1.37. The maximum Gasteiger partial charge on any atom is 0.257 e. The molecule has 34 heavy (non-hydrogen) atoms. The van der Waals surface area contributed by atoms with Crippen molar-refractivity contribution in [2.45, 2.75) is 57.2 Å². The van der Waals surface area contributed by atoms with Gasteiger partial charge in [-0.25, -0.2) is 0 Å². The van der Waals surface area contributed by atoms with Crippen molar-refractivity contribution in [3.63, 3.8) is 0 Å². The van der Waals surface area contributed by atoms with Crippen molar-refractivity contribution in [3.8, 4) is 5.75 Å². The number of carbonyl (C=O) groups is 2. The summed E-state index contributed by atoms with van der Waals surface area (Å²) in [6.07, 6.45) is 5.70. The van der Waals surface area contributed by atoms with Crippen LogP contribution in [-0.2, 0) is 22.4 Å². The smallest absolute Gasteiger partial charge is 0.257 e. The van der Waals surface area contributed by atoms with Crippen molar-refractivity contribution < 1.29 is 24.5 Å². The second-order valence-electron chi connectivity index (χ2n) is 9.56. The van der Waals surface area contributed by atoms with Crippen LogP contribution in [0.4, 0.5) is 0 Å². The van der Waals surface area contributed by atoms with Crippen LogP contribution in [0.15, 0.2) is 36.7 Å². The zero-order chi connectivity index (χ0) is 24.0. The Hall–Kier alpha value is -2.91. The van der Waals surface area contributed by atoms with Crippen molar-refractivity contribution in [1.29, 1.82) is 0 Å². The number of nitrogens with one attached hydrogen (secondary N) is 2. The lowest BCUT2D eigenvalue weighted by Gasteiger charge is -2.43. The summed E-state index contributed by atoms with van der Waals surface area (Å²) in [5, 5.41) is 31.2. The highest BCUT2D eigenvalue weighted by molar-refractivity contribution is 5.77. The lowest BCUT2D eigenvalue weighted by molar-refractivity contribution is -0.135. The molecule has 1 spiro atoms. The number of nitrogens with zero attached hydrogens (tertiary/aromatic N) is 2. The van der Waals surface area contributed by atoms with E-state index in [0.717, 1.165) is 24.0 Å². The molecule has 9 heteroatoms. The average molecular weight is 471 g/mol. The first-order valence-corrected chi connectivity index (χ1v) is 12.0. The molecule has 0 bridgehead atoms. The number of likely N-dealkylation sites (tertiary alicyclic amines) is 1. The molecule has 1 fully saturated rings. The maximum absolute atomic E-state index is 12.7. The van der Waals surface area contributed by atoms with E-state index in [-0.39, 0.29) is 30.3 Å². The summed E-state index contributed by atoms with van der Waals surface area (Å²) in [4.78, 5) is 27.0. The molecule has 2 aliphatic heterocycles. The van der Waals surface area contributed by atoms with Crippen LogP contribution in [0.2, 0.25) is 0 Å². The van der Waals surface area contributed by atoms with E-state index in [9.17, 15) is 19.8 Å². The fourth-order valence-electron chi connectivity index (χ4n) is 4.93. The third-order valence-electron chi connectivity index (χ3n) is 7.10. The van der Waals surface area contributed by atoms with Gasteiger partial charge in [-0.2, -0.15) is 5.10 Å². The molecule has 0 radical (unpaired) electrons. The van der Waals surface area contributed by atoms with Crippen LogP contribution in [0, 0.1) is 5.41 Å². The van der Waals surface area contributed by atoms with E-state index in [1.165, 1.54) is 0 Å². The highest BCUT2D eigenvalue weighted by Gasteiger charge is 2.39. The van der Waals surface area contributed by atoms with Gasteiger partial charge in [0.05, 0.1) is 18.4 Å². The van der Waals surface area contributed by atoms with Crippen LogP contribution in [0.5, 0.6) is 5.75 Å². The Kier molecular flexibility index (Phi) is 7.84. The molecule has 0 saturated carbocycles. The number of benzene rings is 1. The molecule has 4 rings (SSSR count). The quantitative estimate of drug-likeness (QED) is 0.532. The number of aliphatic hydroxyl groups excluding tert-OH is 2. The number of H-pyrrole nitrogens is 1. The third kappa shape index (κ3) is 6.15. The largest absolute Gasteiger partial charge is 0.483 e. The molecule has 0 unspecified atom stereocenters. The van der Waals surface area contributed by atoms with E-state index in [0.29, 0.717) is 51.1 Å². The molecular weight excluding hydrogens is 436 g/mol. The van der Waals surface area contributed by atoms with Crippen LogP contribution >= 0.6 is 0 Å². The Morgan fingerprint density at radius 1 is 1.21 bits per heavy atom. The van der Waals surface area contributed by atoms with E-state index >= 15 is 0 Å². The average Bonchev–Trinajstić information content (AvgIpc) is 3.35. The molecule has 2 atom stereocenters. The molecule has 2 aromatic rings. The number of hydrogen-bond donors (Lipinski definition) is 4. The van der Waals surface area contributed by atoms with Crippen LogP contribution in [0.3, 0.4) is 0 Å². The van der Waals surface area contributed by atoms with Crippen molar-refractivity contribution in [2.75, 3.05) is 26.2 Å². The predicted molar refractivity (Wildman–Crippen MR) is 125 cm³/mol. The van der Waals surface area contributed by atoms with Crippen LogP contribution in [0.1, 0.15) is 43.2 Å². The first-order chi connectivity index (χ1) is 16.4. The normalized spacial score (nSPS) is 23.2. The highest BCUT2D eigenvalue weighted by atomic mass is 16.5. The minimum absolute atomic E-state index is 0.104. The highest BCUT2D eigenvalue weighted by Crippen LogP contribution is 2.37. The molecule has 3 heterocycles. The van der Waals surface area contributed by atoms with Gasteiger partial charge in [-0.1, -0.05) is 18.2 Å². The van der Waals surface area contributed by atoms with Gasteiger partial charge < -0.3 is 25.2 Å². The minimum Gasteiger partial charge on any atom is -0.483 e. The number of aromatic nitrogens is 2. The molecule has 0 aliphatic carbocycles. The summed E-state index contributed by atoms with van der Waals surface area (Å²) < 4.78 is 5.68. The molecule has 2 amide bonds. The third-order valence-corrected chi connectivity index (χ3v) is 7.10. The predicted octanol–water partition coefficient (Wildman–Crippen LogP) is 1.20. The van der Waals surface area contributed by atoms with Gasteiger partial charge in [0.1, 0.15) is 5.75 Å². The van der Waals surface area contributed by atoms with Gasteiger partial charge in [-0.15, -0.1) is 0 Å². The topological polar surface area (TPSA) is 128 Å². The first kappa shape index (κ1) is 24.2. The van der Waals surface area contributed by atoms with E-state index in [4.69, 9.17) is 4.74 Å². The number of piperidine rings is 1. The van der Waals surface area contributed by atoms with Crippen molar-refractivity contribution >= 4 is 11.8 Å². The minimum atomic E-state index is -0.945. The Bertz CT molecular complexity index is 956. The van der Waals surface area contributed by atoms with Crippen molar-refractivity contribution in [1.82, 2.24) is 20.4 Å². The van der Waals surface area contributed by atoms with E-state index in [1.54, 1.807) is 12.3 Å². The molecule has 1 saturated heterocycles. The molecular formula is C25H34N4O5. The zero-order valence-corrected chi connectivity index (χ0v) is 19.4. The number of hydrogen-bond acceptors (Lipinski definition) is 6. The first-order valence-electron chi connectivity index (χ1n) is 12.0. The van der Waals surface area contributed by atoms with Gasteiger partial charge in [0.15, 0.2) is 6.61 Å². The molecule has 4 N–H and O–H groups in total. The van der Waals surface area contributed by atoms with Gasteiger partial charge in [-0.3, -0.25) is 14.7 Å².